The summed E-state index contributed by atoms with van der Waals surface area (Å²) in [6.45, 7) is 2.88. The van der Waals surface area contributed by atoms with Crippen LogP contribution in [0.25, 0.3) is 0 Å². The zero-order valence-corrected chi connectivity index (χ0v) is 9.66. The summed E-state index contributed by atoms with van der Waals surface area (Å²) in [5, 5.41) is 2.76. The van der Waals surface area contributed by atoms with Crippen molar-refractivity contribution >= 4 is 5.91 Å². The van der Waals surface area contributed by atoms with E-state index in [9.17, 15) is 4.79 Å². The van der Waals surface area contributed by atoms with Crippen molar-refractivity contribution in [3.05, 3.63) is 17.8 Å². The molecule has 0 bridgehead atoms. The van der Waals surface area contributed by atoms with Gasteiger partial charge in [0.25, 0.3) is 0 Å². The van der Waals surface area contributed by atoms with Crippen LogP contribution >= 0.6 is 0 Å². The molecule has 0 aliphatic rings. The highest BCUT2D eigenvalue weighted by Gasteiger charge is 2.04. The van der Waals surface area contributed by atoms with E-state index in [0.717, 1.165) is 25.0 Å². The lowest BCUT2D eigenvalue weighted by Crippen LogP contribution is -2.22. The first-order valence-electron chi connectivity index (χ1n) is 5.60. The predicted octanol–water partition coefficient (Wildman–Crippen LogP) is 1.12. The number of aryl methyl sites for hydroxylation is 1. The number of nitrogens with zero attached hydrogens (tertiary/aromatic N) is 1. The lowest BCUT2D eigenvalue weighted by molar-refractivity contribution is -0.121. The SMILES string of the molecule is Cc1cnc(CNC(=O)CCCCCN)o1. The van der Waals surface area contributed by atoms with Gasteiger partial charge in [0.2, 0.25) is 11.8 Å². The van der Waals surface area contributed by atoms with Gasteiger partial charge in [0.15, 0.2) is 0 Å². The fourth-order valence-corrected chi connectivity index (χ4v) is 1.35. The van der Waals surface area contributed by atoms with E-state index in [-0.39, 0.29) is 5.91 Å². The van der Waals surface area contributed by atoms with Gasteiger partial charge in [-0.2, -0.15) is 0 Å². The van der Waals surface area contributed by atoms with E-state index in [0.29, 0.717) is 25.4 Å². The molecule has 0 unspecified atom stereocenters. The van der Waals surface area contributed by atoms with E-state index in [1.807, 2.05) is 6.92 Å². The first kappa shape index (κ1) is 12.7. The van der Waals surface area contributed by atoms with Gasteiger partial charge < -0.3 is 15.5 Å². The Morgan fingerprint density at radius 3 is 2.94 bits per heavy atom. The fraction of sp³-hybridized carbons (Fsp3) is 0.636. The molecule has 1 aromatic heterocycles. The molecule has 5 nitrogen and oxygen atoms in total. The third-order valence-electron chi connectivity index (χ3n) is 2.21. The molecule has 3 N–H and O–H groups in total. The van der Waals surface area contributed by atoms with Gasteiger partial charge >= 0.3 is 0 Å². The number of unbranched alkanes of at least 4 members (excludes halogenated alkanes) is 2. The van der Waals surface area contributed by atoms with Crippen LogP contribution in [0, 0.1) is 6.92 Å². The second-order valence-corrected chi connectivity index (χ2v) is 3.74. The van der Waals surface area contributed by atoms with Crippen LogP contribution in [0.2, 0.25) is 0 Å². The van der Waals surface area contributed by atoms with Crippen molar-refractivity contribution in [3.63, 3.8) is 0 Å². The minimum absolute atomic E-state index is 0.0351. The van der Waals surface area contributed by atoms with Crippen molar-refractivity contribution in [2.75, 3.05) is 6.54 Å². The van der Waals surface area contributed by atoms with E-state index < -0.39 is 0 Å². The summed E-state index contributed by atoms with van der Waals surface area (Å²) in [5.74, 6) is 1.34. The van der Waals surface area contributed by atoms with Crippen LogP contribution in [0.3, 0.4) is 0 Å². The molecule has 5 heteroatoms. The molecule has 0 atom stereocenters. The maximum absolute atomic E-state index is 11.4. The van der Waals surface area contributed by atoms with Gasteiger partial charge in [-0.3, -0.25) is 4.79 Å². The van der Waals surface area contributed by atoms with Crippen molar-refractivity contribution in [1.82, 2.24) is 10.3 Å². The molecule has 0 spiro atoms. The summed E-state index contributed by atoms with van der Waals surface area (Å²) in [5.41, 5.74) is 5.36. The molecule has 0 radical (unpaired) electrons. The van der Waals surface area contributed by atoms with E-state index in [1.165, 1.54) is 0 Å². The average Bonchev–Trinajstić information content (AvgIpc) is 2.68. The number of hydrogen-bond acceptors (Lipinski definition) is 4. The third-order valence-corrected chi connectivity index (χ3v) is 2.21. The second kappa shape index (κ2) is 7.00. The monoisotopic (exact) mass is 225 g/mol. The number of nitrogens with one attached hydrogen (secondary N) is 1. The Morgan fingerprint density at radius 2 is 2.31 bits per heavy atom. The van der Waals surface area contributed by atoms with Crippen molar-refractivity contribution in [2.24, 2.45) is 5.73 Å². The highest BCUT2D eigenvalue weighted by atomic mass is 16.4. The number of carbonyl (C=O) groups excluding carboxylic acids is 1. The zero-order chi connectivity index (χ0) is 11.8. The van der Waals surface area contributed by atoms with E-state index in [2.05, 4.69) is 10.3 Å². The Bertz CT molecular complexity index is 323. The van der Waals surface area contributed by atoms with Gasteiger partial charge in [-0.1, -0.05) is 6.42 Å². The maximum Gasteiger partial charge on any atom is 0.220 e. The van der Waals surface area contributed by atoms with E-state index in [1.54, 1.807) is 6.20 Å². The molecule has 1 rings (SSSR count). The molecular formula is C11H19N3O2. The molecule has 0 aliphatic carbocycles. The Kier molecular flexibility index (Phi) is 5.56. The minimum atomic E-state index is 0.0351. The number of rotatable bonds is 7. The molecule has 0 saturated heterocycles. The first-order chi connectivity index (χ1) is 7.72. The van der Waals surface area contributed by atoms with Crippen LogP contribution in [0.1, 0.15) is 37.3 Å². The van der Waals surface area contributed by atoms with Crippen LogP contribution in [-0.4, -0.2) is 17.4 Å². The summed E-state index contributed by atoms with van der Waals surface area (Å²) in [6.07, 6.45) is 5.05. The summed E-state index contributed by atoms with van der Waals surface area (Å²) >= 11 is 0. The van der Waals surface area contributed by atoms with Crippen LogP contribution in [0.15, 0.2) is 10.6 Å². The average molecular weight is 225 g/mol. The van der Waals surface area contributed by atoms with Gasteiger partial charge in [-0.25, -0.2) is 4.98 Å². The second-order valence-electron chi connectivity index (χ2n) is 3.74. The minimum Gasteiger partial charge on any atom is -0.444 e. The van der Waals surface area contributed by atoms with Crippen molar-refractivity contribution in [3.8, 4) is 0 Å². The number of oxazole rings is 1. The molecule has 1 amide bonds. The molecule has 1 heterocycles. The number of aromatic nitrogens is 1. The van der Waals surface area contributed by atoms with Crippen LogP contribution < -0.4 is 11.1 Å². The van der Waals surface area contributed by atoms with Crippen LogP contribution in [-0.2, 0) is 11.3 Å². The summed E-state index contributed by atoms with van der Waals surface area (Å²) in [7, 11) is 0. The summed E-state index contributed by atoms with van der Waals surface area (Å²) < 4.78 is 5.23. The molecule has 0 aliphatic heterocycles. The van der Waals surface area contributed by atoms with Crippen LogP contribution in [0.4, 0.5) is 0 Å². The van der Waals surface area contributed by atoms with Gasteiger partial charge in [0.1, 0.15) is 5.76 Å². The predicted molar refractivity (Wildman–Crippen MR) is 60.6 cm³/mol. The normalized spacial score (nSPS) is 10.4. The summed E-state index contributed by atoms with van der Waals surface area (Å²) in [4.78, 5) is 15.4. The van der Waals surface area contributed by atoms with Gasteiger partial charge in [0.05, 0.1) is 12.7 Å². The Hall–Kier alpha value is -1.36. The fourth-order valence-electron chi connectivity index (χ4n) is 1.35. The highest BCUT2D eigenvalue weighted by molar-refractivity contribution is 5.75. The molecule has 0 aromatic carbocycles. The standard InChI is InChI=1S/C11H19N3O2/c1-9-7-14-11(16-9)8-13-10(15)5-3-2-4-6-12/h7H,2-6,8,12H2,1H3,(H,13,15). The number of amides is 1. The van der Waals surface area contributed by atoms with E-state index >= 15 is 0 Å². The topological polar surface area (TPSA) is 81.2 Å². The smallest absolute Gasteiger partial charge is 0.220 e. The van der Waals surface area contributed by atoms with E-state index in [4.69, 9.17) is 10.2 Å². The molecule has 16 heavy (non-hydrogen) atoms. The molecule has 0 fully saturated rings. The number of nitrogens with two attached hydrogens (primary N) is 1. The lowest BCUT2D eigenvalue weighted by atomic mass is 10.2. The molecule has 1 aromatic rings. The molecule has 90 valence electrons. The summed E-state index contributed by atoms with van der Waals surface area (Å²) in [6, 6.07) is 0. The number of carbonyl (C=O) groups is 1. The Balaban J connectivity index is 2.10. The number of hydrogen-bond donors (Lipinski definition) is 2. The zero-order valence-electron chi connectivity index (χ0n) is 9.66. The molecule has 0 saturated carbocycles. The van der Waals surface area contributed by atoms with Crippen molar-refractivity contribution < 1.29 is 9.21 Å². The first-order valence-corrected chi connectivity index (χ1v) is 5.60. The highest BCUT2D eigenvalue weighted by Crippen LogP contribution is 2.02. The maximum atomic E-state index is 11.4. The van der Waals surface area contributed by atoms with Crippen LogP contribution in [0.5, 0.6) is 0 Å². The van der Waals surface area contributed by atoms with Crippen molar-refractivity contribution in [1.29, 1.82) is 0 Å². The van der Waals surface area contributed by atoms with Gasteiger partial charge in [0, 0.05) is 6.42 Å². The van der Waals surface area contributed by atoms with Gasteiger partial charge in [-0.15, -0.1) is 0 Å². The molecular weight excluding hydrogens is 206 g/mol. The third kappa shape index (κ3) is 4.93. The largest absolute Gasteiger partial charge is 0.444 e. The Morgan fingerprint density at radius 1 is 1.50 bits per heavy atom. The van der Waals surface area contributed by atoms with Gasteiger partial charge in [-0.05, 0) is 26.3 Å². The lowest BCUT2D eigenvalue weighted by Gasteiger charge is -2.02. The van der Waals surface area contributed by atoms with Crippen molar-refractivity contribution in [2.45, 2.75) is 39.2 Å². The Labute approximate surface area is 95.4 Å². The quantitative estimate of drug-likeness (QED) is 0.681.